The number of nitriles is 1. The standard InChI is InChI=1S/C13H13N3O3S/c14-7-11(6-10-2-1-4-15-8-10)13(17)16-12-3-5-20(18,19)9-12/h1-2,4,6,8,12H,3,5,9H2,(H,16,17)/b11-6+/t12-/m1/s1. The van der Waals surface area contributed by atoms with Gasteiger partial charge >= 0.3 is 0 Å². The molecule has 0 saturated carbocycles. The Bertz CT molecular complexity index is 675. The second-order valence-corrected chi connectivity index (χ2v) is 6.76. The van der Waals surface area contributed by atoms with Crippen LogP contribution in [0.5, 0.6) is 0 Å². The highest BCUT2D eigenvalue weighted by Crippen LogP contribution is 2.12. The van der Waals surface area contributed by atoms with Crippen molar-refractivity contribution in [2.24, 2.45) is 0 Å². The molecule has 0 bridgehead atoms. The maximum absolute atomic E-state index is 11.9. The van der Waals surface area contributed by atoms with E-state index < -0.39 is 21.8 Å². The lowest BCUT2D eigenvalue weighted by atomic mass is 10.1. The third-order valence-corrected chi connectivity index (χ3v) is 4.70. The molecule has 1 atom stereocenters. The molecule has 1 aromatic heterocycles. The molecule has 104 valence electrons. The van der Waals surface area contributed by atoms with Crippen LogP contribution in [0.2, 0.25) is 0 Å². The summed E-state index contributed by atoms with van der Waals surface area (Å²) >= 11 is 0. The van der Waals surface area contributed by atoms with Crippen LogP contribution in [0.3, 0.4) is 0 Å². The highest BCUT2D eigenvalue weighted by atomic mass is 32.2. The number of carbonyl (C=O) groups is 1. The van der Waals surface area contributed by atoms with Crippen LogP contribution in [0.15, 0.2) is 30.1 Å². The first kappa shape index (κ1) is 14.2. The summed E-state index contributed by atoms with van der Waals surface area (Å²) < 4.78 is 22.6. The van der Waals surface area contributed by atoms with Gasteiger partial charge < -0.3 is 5.32 Å². The number of carbonyl (C=O) groups excluding carboxylic acids is 1. The molecular weight excluding hydrogens is 278 g/mol. The van der Waals surface area contributed by atoms with E-state index >= 15 is 0 Å². The van der Waals surface area contributed by atoms with Gasteiger partial charge in [0.2, 0.25) is 0 Å². The van der Waals surface area contributed by atoms with Gasteiger partial charge in [-0.2, -0.15) is 5.26 Å². The molecule has 0 unspecified atom stereocenters. The third kappa shape index (κ3) is 3.65. The Morgan fingerprint density at radius 1 is 1.55 bits per heavy atom. The number of sulfone groups is 1. The number of aromatic nitrogens is 1. The van der Waals surface area contributed by atoms with Gasteiger partial charge in [-0.3, -0.25) is 9.78 Å². The first-order valence-electron chi connectivity index (χ1n) is 6.03. The predicted octanol–water partition coefficient (Wildman–Crippen LogP) is 0.292. The van der Waals surface area contributed by atoms with E-state index in [0.717, 1.165) is 0 Å². The van der Waals surface area contributed by atoms with E-state index in [1.165, 1.54) is 12.3 Å². The van der Waals surface area contributed by atoms with Crippen molar-refractivity contribution in [3.05, 3.63) is 35.7 Å². The smallest absolute Gasteiger partial charge is 0.262 e. The largest absolute Gasteiger partial charge is 0.348 e. The number of nitrogens with zero attached hydrogens (tertiary/aromatic N) is 2. The van der Waals surface area contributed by atoms with Crippen molar-refractivity contribution in [1.29, 1.82) is 5.26 Å². The highest BCUT2D eigenvalue weighted by Gasteiger charge is 2.29. The van der Waals surface area contributed by atoms with Crippen molar-refractivity contribution in [1.82, 2.24) is 10.3 Å². The Labute approximate surface area is 117 Å². The fourth-order valence-electron chi connectivity index (χ4n) is 1.95. The number of pyridine rings is 1. The zero-order valence-corrected chi connectivity index (χ0v) is 11.4. The molecule has 0 aliphatic carbocycles. The number of amides is 1. The zero-order chi connectivity index (χ0) is 14.6. The Hall–Kier alpha value is -2.20. The normalized spacial score (nSPS) is 21.1. The van der Waals surface area contributed by atoms with E-state index in [4.69, 9.17) is 5.26 Å². The third-order valence-electron chi connectivity index (χ3n) is 2.93. The summed E-state index contributed by atoms with van der Waals surface area (Å²) in [6, 6.07) is 4.82. The van der Waals surface area contributed by atoms with Crippen LogP contribution in [0.1, 0.15) is 12.0 Å². The number of nitrogens with one attached hydrogen (secondary N) is 1. The number of hydrogen-bond donors (Lipinski definition) is 1. The average Bonchev–Trinajstić information content (AvgIpc) is 2.76. The van der Waals surface area contributed by atoms with Crippen LogP contribution >= 0.6 is 0 Å². The second-order valence-electron chi connectivity index (χ2n) is 4.53. The van der Waals surface area contributed by atoms with E-state index in [-0.39, 0.29) is 17.1 Å². The van der Waals surface area contributed by atoms with E-state index in [2.05, 4.69) is 10.3 Å². The number of rotatable bonds is 3. The lowest BCUT2D eigenvalue weighted by molar-refractivity contribution is -0.117. The molecule has 6 nitrogen and oxygen atoms in total. The van der Waals surface area contributed by atoms with Crippen molar-refractivity contribution in [3.63, 3.8) is 0 Å². The van der Waals surface area contributed by atoms with E-state index in [1.54, 1.807) is 18.3 Å². The molecular formula is C13H13N3O3S. The molecule has 20 heavy (non-hydrogen) atoms. The van der Waals surface area contributed by atoms with Crippen LogP contribution in [-0.4, -0.2) is 36.9 Å². The van der Waals surface area contributed by atoms with Gasteiger partial charge in [0, 0.05) is 18.4 Å². The molecule has 0 aromatic carbocycles. The molecule has 2 heterocycles. The summed E-state index contributed by atoms with van der Waals surface area (Å²) in [7, 11) is -3.06. The summed E-state index contributed by atoms with van der Waals surface area (Å²) in [5, 5.41) is 11.6. The molecule has 0 spiro atoms. The number of hydrogen-bond acceptors (Lipinski definition) is 5. The van der Waals surface area contributed by atoms with Crippen molar-refractivity contribution < 1.29 is 13.2 Å². The summed E-state index contributed by atoms with van der Waals surface area (Å²) in [5.74, 6) is -0.547. The van der Waals surface area contributed by atoms with Crippen molar-refractivity contribution in [2.45, 2.75) is 12.5 Å². The summed E-state index contributed by atoms with van der Waals surface area (Å²) in [6.45, 7) is 0. The molecule has 0 radical (unpaired) electrons. The van der Waals surface area contributed by atoms with E-state index in [9.17, 15) is 13.2 Å². The summed E-state index contributed by atoms with van der Waals surface area (Å²) in [4.78, 5) is 15.8. The zero-order valence-electron chi connectivity index (χ0n) is 10.6. The van der Waals surface area contributed by atoms with Crippen molar-refractivity contribution in [2.75, 3.05) is 11.5 Å². The van der Waals surface area contributed by atoms with Gasteiger partial charge in [0.15, 0.2) is 9.84 Å². The molecule has 1 amide bonds. The quantitative estimate of drug-likeness (QED) is 0.637. The molecule has 1 aliphatic rings. The van der Waals surface area contributed by atoms with Crippen LogP contribution in [0.4, 0.5) is 0 Å². The van der Waals surface area contributed by atoms with Crippen molar-refractivity contribution >= 4 is 21.8 Å². The Morgan fingerprint density at radius 3 is 2.90 bits per heavy atom. The van der Waals surface area contributed by atoms with Crippen LogP contribution in [0, 0.1) is 11.3 Å². The first-order chi connectivity index (χ1) is 9.50. The minimum Gasteiger partial charge on any atom is -0.348 e. The van der Waals surface area contributed by atoms with Gasteiger partial charge in [-0.15, -0.1) is 0 Å². The fourth-order valence-corrected chi connectivity index (χ4v) is 3.62. The molecule has 1 aliphatic heterocycles. The maximum Gasteiger partial charge on any atom is 0.262 e. The molecule has 7 heteroatoms. The summed E-state index contributed by atoms with van der Waals surface area (Å²) in [6.07, 6.45) is 4.93. The molecule has 1 saturated heterocycles. The van der Waals surface area contributed by atoms with Gasteiger partial charge in [0.1, 0.15) is 11.6 Å². The molecule has 1 N–H and O–H groups in total. The minimum atomic E-state index is -3.06. The van der Waals surface area contributed by atoms with Crippen molar-refractivity contribution in [3.8, 4) is 6.07 Å². The van der Waals surface area contributed by atoms with Crippen LogP contribution < -0.4 is 5.32 Å². The SMILES string of the molecule is N#C/C(=C\c1cccnc1)C(=O)N[C@@H]1CCS(=O)(=O)C1. The first-order valence-corrected chi connectivity index (χ1v) is 7.85. The van der Waals surface area contributed by atoms with Gasteiger partial charge in [0.25, 0.3) is 5.91 Å². The Balaban J connectivity index is 2.08. The maximum atomic E-state index is 11.9. The topological polar surface area (TPSA) is 99.9 Å². The van der Waals surface area contributed by atoms with Gasteiger partial charge in [-0.25, -0.2) is 8.42 Å². The van der Waals surface area contributed by atoms with Gasteiger partial charge in [-0.1, -0.05) is 6.07 Å². The molecule has 1 aromatic rings. The second kappa shape index (κ2) is 5.84. The minimum absolute atomic E-state index is 0.0651. The fraction of sp³-hybridized carbons (Fsp3) is 0.308. The van der Waals surface area contributed by atoms with Crippen LogP contribution in [0.25, 0.3) is 6.08 Å². The van der Waals surface area contributed by atoms with E-state index in [1.807, 2.05) is 6.07 Å². The lowest BCUT2D eigenvalue weighted by Gasteiger charge is -2.09. The van der Waals surface area contributed by atoms with Crippen LogP contribution in [-0.2, 0) is 14.6 Å². The van der Waals surface area contributed by atoms with E-state index in [0.29, 0.717) is 12.0 Å². The van der Waals surface area contributed by atoms with Gasteiger partial charge in [0.05, 0.1) is 11.5 Å². The Morgan fingerprint density at radius 2 is 2.35 bits per heavy atom. The average molecular weight is 291 g/mol. The molecule has 2 rings (SSSR count). The Kier molecular flexibility index (Phi) is 4.15. The monoisotopic (exact) mass is 291 g/mol. The van der Waals surface area contributed by atoms with Gasteiger partial charge in [-0.05, 0) is 24.1 Å². The predicted molar refractivity (Wildman–Crippen MR) is 73.0 cm³/mol. The summed E-state index contributed by atoms with van der Waals surface area (Å²) in [5.41, 5.74) is 0.570. The lowest BCUT2D eigenvalue weighted by Crippen LogP contribution is -2.36. The molecule has 1 fully saturated rings. The highest BCUT2D eigenvalue weighted by molar-refractivity contribution is 7.91.